The Kier molecular flexibility index (Phi) is 3.16. The van der Waals surface area contributed by atoms with Gasteiger partial charge in [-0.2, -0.15) is 0 Å². The number of aliphatic hydroxyl groups is 1. The summed E-state index contributed by atoms with van der Waals surface area (Å²) in [5.41, 5.74) is -0.274. The second-order valence-corrected chi connectivity index (χ2v) is 5.64. The van der Waals surface area contributed by atoms with E-state index in [1.165, 1.54) is 44.9 Å². The topological polar surface area (TPSA) is 20.2 Å². The Labute approximate surface area is 87.9 Å². The van der Waals surface area contributed by atoms with E-state index in [4.69, 9.17) is 0 Å². The van der Waals surface area contributed by atoms with Crippen molar-refractivity contribution in [2.45, 2.75) is 70.3 Å². The maximum atomic E-state index is 10.6. The van der Waals surface area contributed by atoms with E-state index in [0.717, 1.165) is 18.8 Å². The Morgan fingerprint density at radius 2 is 1.64 bits per heavy atom. The average molecular weight is 196 g/mol. The Balaban J connectivity index is 1.97. The second-order valence-electron chi connectivity index (χ2n) is 5.64. The lowest BCUT2D eigenvalue weighted by Crippen LogP contribution is -2.34. The summed E-state index contributed by atoms with van der Waals surface area (Å²) in [7, 11) is 0. The number of rotatable bonds is 1. The zero-order valence-corrected chi connectivity index (χ0v) is 9.47. The molecule has 0 radical (unpaired) electrons. The van der Waals surface area contributed by atoms with Crippen molar-refractivity contribution in [3.63, 3.8) is 0 Å². The van der Waals surface area contributed by atoms with Crippen LogP contribution in [0.1, 0.15) is 64.7 Å². The Morgan fingerprint density at radius 3 is 2.14 bits per heavy atom. The van der Waals surface area contributed by atoms with Gasteiger partial charge in [-0.15, -0.1) is 0 Å². The van der Waals surface area contributed by atoms with Crippen molar-refractivity contribution in [1.29, 1.82) is 0 Å². The second kappa shape index (κ2) is 4.22. The highest BCUT2D eigenvalue weighted by molar-refractivity contribution is 4.93. The standard InChI is InChI=1S/C13H24O/c1-11-8-9-13(14,10-11)12-6-4-2-3-5-7-12/h11-12,14H,2-10H2,1H3. The minimum absolute atomic E-state index is 0.274. The predicted octanol–water partition coefficient (Wildman–Crippen LogP) is 3.51. The molecule has 2 fully saturated rings. The summed E-state index contributed by atoms with van der Waals surface area (Å²) in [5.74, 6) is 1.37. The normalized spacial score (nSPS) is 41.1. The van der Waals surface area contributed by atoms with E-state index >= 15 is 0 Å². The van der Waals surface area contributed by atoms with E-state index in [2.05, 4.69) is 6.92 Å². The molecule has 14 heavy (non-hydrogen) atoms. The molecule has 0 heterocycles. The summed E-state index contributed by atoms with van der Waals surface area (Å²) in [6, 6.07) is 0. The third-order valence-electron chi connectivity index (χ3n) is 4.39. The van der Waals surface area contributed by atoms with Gasteiger partial charge in [0, 0.05) is 0 Å². The van der Waals surface area contributed by atoms with E-state index in [0.29, 0.717) is 5.92 Å². The first kappa shape index (κ1) is 10.5. The summed E-state index contributed by atoms with van der Waals surface area (Å²) < 4.78 is 0. The predicted molar refractivity (Wildman–Crippen MR) is 59.2 cm³/mol. The Morgan fingerprint density at radius 1 is 1.00 bits per heavy atom. The lowest BCUT2D eigenvalue weighted by molar-refractivity contribution is -0.0213. The van der Waals surface area contributed by atoms with Gasteiger partial charge in [-0.3, -0.25) is 0 Å². The van der Waals surface area contributed by atoms with Gasteiger partial charge in [0.2, 0.25) is 0 Å². The first-order valence-corrected chi connectivity index (χ1v) is 6.43. The highest BCUT2D eigenvalue weighted by Gasteiger charge is 2.41. The number of hydrogen-bond donors (Lipinski definition) is 1. The molecule has 0 aromatic carbocycles. The van der Waals surface area contributed by atoms with Crippen molar-refractivity contribution in [3.8, 4) is 0 Å². The average Bonchev–Trinajstić information content (AvgIpc) is 2.45. The van der Waals surface area contributed by atoms with Crippen LogP contribution in [-0.4, -0.2) is 10.7 Å². The molecule has 0 aromatic heterocycles. The van der Waals surface area contributed by atoms with Crippen molar-refractivity contribution in [1.82, 2.24) is 0 Å². The van der Waals surface area contributed by atoms with E-state index in [-0.39, 0.29) is 5.60 Å². The maximum Gasteiger partial charge on any atom is 0.0678 e. The van der Waals surface area contributed by atoms with Crippen LogP contribution in [0.15, 0.2) is 0 Å². The molecule has 1 N–H and O–H groups in total. The third kappa shape index (κ3) is 2.13. The molecule has 0 bridgehead atoms. The molecule has 2 unspecified atom stereocenters. The molecule has 0 aliphatic heterocycles. The van der Waals surface area contributed by atoms with Crippen molar-refractivity contribution in [3.05, 3.63) is 0 Å². The van der Waals surface area contributed by atoms with Gasteiger partial charge in [0.25, 0.3) is 0 Å². The summed E-state index contributed by atoms with van der Waals surface area (Å²) in [6.07, 6.45) is 11.4. The van der Waals surface area contributed by atoms with Crippen molar-refractivity contribution >= 4 is 0 Å². The van der Waals surface area contributed by atoms with Gasteiger partial charge >= 0.3 is 0 Å². The SMILES string of the molecule is CC1CCC(O)(C2CCCCCC2)C1. The van der Waals surface area contributed by atoms with Crippen LogP contribution >= 0.6 is 0 Å². The lowest BCUT2D eigenvalue weighted by Gasteiger charge is -2.32. The van der Waals surface area contributed by atoms with Gasteiger partial charge in [0.15, 0.2) is 0 Å². The first-order chi connectivity index (χ1) is 6.71. The summed E-state index contributed by atoms with van der Waals surface area (Å²) in [6.45, 7) is 2.29. The fourth-order valence-corrected chi connectivity index (χ4v) is 3.49. The molecule has 0 saturated heterocycles. The van der Waals surface area contributed by atoms with Crippen LogP contribution in [0.5, 0.6) is 0 Å². The zero-order valence-electron chi connectivity index (χ0n) is 9.47. The van der Waals surface area contributed by atoms with Gasteiger partial charge in [-0.1, -0.05) is 32.6 Å². The van der Waals surface area contributed by atoms with Gasteiger partial charge in [0.1, 0.15) is 0 Å². The van der Waals surface area contributed by atoms with Crippen LogP contribution < -0.4 is 0 Å². The van der Waals surface area contributed by atoms with E-state index in [1.807, 2.05) is 0 Å². The van der Waals surface area contributed by atoms with Crippen LogP contribution in [0, 0.1) is 11.8 Å². The summed E-state index contributed by atoms with van der Waals surface area (Å²) in [5, 5.41) is 10.6. The molecular formula is C13H24O. The molecule has 2 aliphatic carbocycles. The van der Waals surface area contributed by atoms with Gasteiger partial charge in [0.05, 0.1) is 5.60 Å². The summed E-state index contributed by atoms with van der Waals surface area (Å²) in [4.78, 5) is 0. The minimum atomic E-state index is -0.274. The van der Waals surface area contributed by atoms with Gasteiger partial charge in [-0.25, -0.2) is 0 Å². The van der Waals surface area contributed by atoms with Crippen molar-refractivity contribution in [2.75, 3.05) is 0 Å². The monoisotopic (exact) mass is 196 g/mol. The van der Waals surface area contributed by atoms with Crippen molar-refractivity contribution < 1.29 is 5.11 Å². The first-order valence-electron chi connectivity index (χ1n) is 6.43. The molecule has 2 saturated carbocycles. The lowest BCUT2D eigenvalue weighted by atomic mass is 9.80. The molecule has 2 atom stereocenters. The minimum Gasteiger partial charge on any atom is -0.390 e. The van der Waals surface area contributed by atoms with Gasteiger partial charge < -0.3 is 5.11 Å². The van der Waals surface area contributed by atoms with E-state index < -0.39 is 0 Å². The van der Waals surface area contributed by atoms with Crippen LogP contribution in [-0.2, 0) is 0 Å². The highest BCUT2D eigenvalue weighted by Crippen LogP contribution is 2.44. The molecule has 0 aromatic rings. The Bertz CT molecular complexity index is 182. The summed E-state index contributed by atoms with van der Waals surface area (Å²) >= 11 is 0. The van der Waals surface area contributed by atoms with Crippen molar-refractivity contribution in [2.24, 2.45) is 11.8 Å². The van der Waals surface area contributed by atoms with E-state index in [9.17, 15) is 5.11 Å². The molecule has 2 aliphatic rings. The van der Waals surface area contributed by atoms with Crippen LogP contribution in [0.2, 0.25) is 0 Å². The molecule has 0 spiro atoms. The smallest absolute Gasteiger partial charge is 0.0678 e. The molecule has 82 valence electrons. The quantitative estimate of drug-likeness (QED) is 0.636. The molecule has 1 nitrogen and oxygen atoms in total. The van der Waals surface area contributed by atoms with E-state index in [1.54, 1.807) is 0 Å². The molecule has 1 heteroatoms. The highest BCUT2D eigenvalue weighted by atomic mass is 16.3. The van der Waals surface area contributed by atoms with Crippen LogP contribution in [0.25, 0.3) is 0 Å². The van der Waals surface area contributed by atoms with Crippen LogP contribution in [0.3, 0.4) is 0 Å². The van der Waals surface area contributed by atoms with Gasteiger partial charge in [-0.05, 0) is 43.9 Å². The fourth-order valence-electron chi connectivity index (χ4n) is 3.49. The largest absolute Gasteiger partial charge is 0.390 e. The van der Waals surface area contributed by atoms with Crippen LogP contribution in [0.4, 0.5) is 0 Å². The molecular weight excluding hydrogens is 172 g/mol. The fraction of sp³-hybridized carbons (Fsp3) is 1.00. The maximum absolute atomic E-state index is 10.6. The molecule has 0 amide bonds. The Hall–Kier alpha value is -0.0400. The molecule has 2 rings (SSSR count). The number of hydrogen-bond acceptors (Lipinski definition) is 1. The zero-order chi connectivity index (χ0) is 10.0. The third-order valence-corrected chi connectivity index (χ3v) is 4.39.